The topological polar surface area (TPSA) is 55.1 Å². The number of carbonyl (C=O) groups excluding carboxylic acids is 1. The van der Waals surface area contributed by atoms with Crippen LogP contribution in [0.15, 0.2) is 53.0 Å². The molecule has 20 heavy (non-hydrogen) atoms. The van der Waals surface area contributed by atoms with Crippen molar-refractivity contribution in [3.63, 3.8) is 0 Å². The molecule has 3 nitrogen and oxygen atoms in total. The van der Waals surface area contributed by atoms with E-state index in [0.29, 0.717) is 5.69 Å². The number of rotatable bonds is 3. The van der Waals surface area contributed by atoms with E-state index in [-0.39, 0.29) is 5.91 Å². The molecule has 0 atom stereocenters. The first kappa shape index (κ1) is 14.3. The van der Waals surface area contributed by atoms with Crippen molar-refractivity contribution in [2.75, 3.05) is 11.1 Å². The fourth-order valence-electron chi connectivity index (χ4n) is 1.73. The summed E-state index contributed by atoms with van der Waals surface area (Å²) in [6, 6.07) is 13.1. The number of hydrogen-bond donors (Lipinski definition) is 2. The number of nitrogens with one attached hydrogen (secondary N) is 1. The molecule has 0 radical (unpaired) electrons. The third kappa shape index (κ3) is 3.96. The van der Waals surface area contributed by atoms with Crippen molar-refractivity contribution in [2.45, 2.75) is 6.92 Å². The van der Waals surface area contributed by atoms with Gasteiger partial charge in [-0.25, -0.2) is 0 Å². The summed E-state index contributed by atoms with van der Waals surface area (Å²) in [7, 11) is 0. The molecule has 0 saturated carbocycles. The largest absolute Gasteiger partial charge is 0.399 e. The van der Waals surface area contributed by atoms with Crippen LogP contribution in [0.1, 0.15) is 11.1 Å². The lowest BCUT2D eigenvalue weighted by Gasteiger charge is -2.05. The van der Waals surface area contributed by atoms with Crippen molar-refractivity contribution < 1.29 is 4.79 Å². The summed E-state index contributed by atoms with van der Waals surface area (Å²) in [5, 5.41) is 2.82. The third-order valence-electron chi connectivity index (χ3n) is 2.72. The van der Waals surface area contributed by atoms with E-state index in [0.717, 1.165) is 21.3 Å². The number of amides is 1. The Labute approximate surface area is 126 Å². The molecule has 2 rings (SSSR count). The highest BCUT2D eigenvalue weighted by atomic mass is 79.9. The van der Waals surface area contributed by atoms with Crippen molar-refractivity contribution in [1.82, 2.24) is 0 Å². The lowest BCUT2D eigenvalue weighted by atomic mass is 10.2. The Morgan fingerprint density at radius 3 is 2.75 bits per heavy atom. The van der Waals surface area contributed by atoms with Gasteiger partial charge in [-0.2, -0.15) is 0 Å². The van der Waals surface area contributed by atoms with Gasteiger partial charge in [0.05, 0.1) is 5.69 Å². The second-order valence-corrected chi connectivity index (χ2v) is 5.33. The first-order valence-corrected chi connectivity index (χ1v) is 6.94. The van der Waals surface area contributed by atoms with Crippen molar-refractivity contribution in [2.24, 2.45) is 0 Å². The molecule has 0 heterocycles. The predicted molar refractivity (Wildman–Crippen MR) is 87.4 cm³/mol. The number of benzene rings is 2. The zero-order chi connectivity index (χ0) is 14.5. The monoisotopic (exact) mass is 330 g/mol. The standard InChI is InChI=1S/C16H15BrN2O/c1-11-5-7-15(14(17)9-11)19-16(20)8-6-12-3-2-4-13(18)10-12/h2-10H,18H2,1H3,(H,19,20)/b8-6+. The van der Waals surface area contributed by atoms with Crippen LogP contribution in [0.3, 0.4) is 0 Å². The van der Waals surface area contributed by atoms with E-state index >= 15 is 0 Å². The van der Waals surface area contributed by atoms with Crippen molar-refractivity contribution in [3.05, 3.63) is 64.1 Å². The second kappa shape index (κ2) is 6.39. The summed E-state index contributed by atoms with van der Waals surface area (Å²) >= 11 is 3.43. The Bertz CT molecular complexity index is 665. The van der Waals surface area contributed by atoms with Gasteiger partial charge in [0.1, 0.15) is 0 Å². The number of nitrogens with two attached hydrogens (primary N) is 1. The van der Waals surface area contributed by atoms with Crippen LogP contribution in [0, 0.1) is 6.92 Å². The minimum absolute atomic E-state index is 0.183. The maximum Gasteiger partial charge on any atom is 0.248 e. The SMILES string of the molecule is Cc1ccc(NC(=O)/C=C/c2cccc(N)c2)c(Br)c1. The van der Waals surface area contributed by atoms with Gasteiger partial charge in [0.15, 0.2) is 0 Å². The van der Waals surface area contributed by atoms with Crippen LogP contribution in [-0.2, 0) is 4.79 Å². The van der Waals surface area contributed by atoms with Gasteiger partial charge in [-0.1, -0.05) is 18.2 Å². The molecule has 0 aromatic heterocycles. The van der Waals surface area contributed by atoms with E-state index < -0.39 is 0 Å². The van der Waals surface area contributed by atoms with Gasteiger partial charge in [-0.3, -0.25) is 4.79 Å². The first-order valence-electron chi connectivity index (χ1n) is 6.15. The molecular formula is C16H15BrN2O. The number of nitrogen functional groups attached to an aromatic ring is 1. The lowest BCUT2D eigenvalue weighted by molar-refractivity contribution is -0.111. The summed E-state index contributed by atoms with van der Waals surface area (Å²) < 4.78 is 0.864. The molecule has 0 spiro atoms. The van der Waals surface area contributed by atoms with Gasteiger partial charge in [0.25, 0.3) is 0 Å². The van der Waals surface area contributed by atoms with Crippen LogP contribution in [-0.4, -0.2) is 5.91 Å². The minimum Gasteiger partial charge on any atom is -0.399 e. The van der Waals surface area contributed by atoms with Gasteiger partial charge in [0.2, 0.25) is 5.91 Å². The molecule has 0 aliphatic heterocycles. The minimum atomic E-state index is -0.183. The zero-order valence-corrected chi connectivity index (χ0v) is 12.6. The molecule has 2 aromatic rings. The average Bonchev–Trinajstić information content (AvgIpc) is 2.40. The lowest BCUT2D eigenvalue weighted by Crippen LogP contribution is -2.08. The molecule has 102 valence electrons. The fraction of sp³-hybridized carbons (Fsp3) is 0.0625. The van der Waals surface area contributed by atoms with Crippen LogP contribution < -0.4 is 11.1 Å². The maximum absolute atomic E-state index is 11.9. The van der Waals surface area contributed by atoms with Crippen molar-refractivity contribution in [1.29, 1.82) is 0 Å². The Balaban J connectivity index is 2.05. The number of hydrogen-bond acceptors (Lipinski definition) is 2. The number of carbonyl (C=O) groups is 1. The molecule has 0 unspecified atom stereocenters. The Morgan fingerprint density at radius 2 is 2.05 bits per heavy atom. The molecule has 0 saturated heterocycles. The Hall–Kier alpha value is -2.07. The number of anilines is 2. The van der Waals surface area contributed by atoms with Gasteiger partial charge in [0, 0.05) is 16.2 Å². The van der Waals surface area contributed by atoms with Crippen LogP contribution in [0.25, 0.3) is 6.08 Å². The highest BCUT2D eigenvalue weighted by molar-refractivity contribution is 9.10. The van der Waals surface area contributed by atoms with Crippen molar-refractivity contribution in [3.8, 4) is 0 Å². The molecule has 0 fully saturated rings. The molecular weight excluding hydrogens is 316 g/mol. The quantitative estimate of drug-likeness (QED) is 0.660. The highest BCUT2D eigenvalue weighted by Gasteiger charge is 2.02. The molecule has 0 aliphatic rings. The Kier molecular flexibility index (Phi) is 4.58. The van der Waals surface area contributed by atoms with Gasteiger partial charge < -0.3 is 11.1 Å². The van der Waals surface area contributed by atoms with Crippen LogP contribution in [0.5, 0.6) is 0 Å². The molecule has 2 aromatic carbocycles. The zero-order valence-electron chi connectivity index (χ0n) is 11.1. The van der Waals surface area contributed by atoms with E-state index in [1.807, 2.05) is 43.3 Å². The molecule has 3 N–H and O–H groups in total. The predicted octanol–water partition coefficient (Wildman–Crippen LogP) is 3.99. The highest BCUT2D eigenvalue weighted by Crippen LogP contribution is 2.23. The fourth-order valence-corrected chi connectivity index (χ4v) is 2.32. The molecule has 4 heteroatoms. The van der Waals surface area contributed by atoms with E-state index in [9.17, 15) is 4.79 Å². The van der Waals surface area contributed by atoms with Crippen LogP contribution in [0.4, 0.5) is 11.4 Å². The van der Waals surface area contributed by atoms with Gasteiger partial charge >= 0.3 is 0 Å². The molecule has 0 aliphatic carbocycles. The third-order valence-corrected chi connectivity index (χ3v) is 3.38. The maximum atomic E-state index is 11.9. The van der Waals surface area contributed by atoms with E-state index in [4.69, 9.17) is 5.73 Å². The van der Waals surface area contributed by atoms with Crippen LogP contribution in [0.2, 0.25) is 0 Å². The van der Waals surface area contributed by atoms with E-state index in [1.165, 1.54) is 6.08 Å². The summed E-state index contributed by atoms with van der Waals surface area (Å²) in [4.78, 5) is 11.9. The normalized spacial score (nSPS) is 10.7. The number of halogens is 1. The molecule has 0 bridgehead atoms. The van der Waals surface area contributed by atoms with Crippen molar-refractivity contribution >= 4 is 39.3 Å². The van der Waals surface area contributed by atoms with Gasteiger partial charge in [-0.15, -0.1) is 0 Å². The average molecular weight is 331 g/mol. The molecule has 1 amide bonds. The Morgan fingerprint density at radius 1 is 1.25 bits per heavy atom. The summed E-state index contributed by atoms with van der Waals surface area (Å²) in [5.41, 5.74) is 9.13. The summed E-state index contributed by atoms with van der Waals surface area (Å²) in [6.07, 6.45) is 3.22. The second-order valence-electron chi connectivity index (χ2n) is 4.48. The van der Waals surface area contributed by atoms with Crippen LogP contribution >= 0.6 is 15.9 Å². The summed E-state index contributed by atoms with van der Waals surface area (Å²) in [6.45, 7) is 2.00. The first-order chi connectivity index (χ1) is 9.54. The van der Waals surface area contributed by atoms with E-state index in [2.05, 4.69) is 21.2 Å². The van der Waals surface area contributed by atoms with Gasteiger partial charge in [-0.05, 0) is 64.3 Å². The summed E-state index contributed by atoms with van der Waals surface area (Å²) in [5.74, 6) is -0.183. The van der Waals surface area contributed by atoms with E-state index in [1.54, 1.807) is 12.1 Å². The smallest absolute Gasteiger partial charge is 0.248 e. The number of aryl methyl sites for hydroxylation is 1.